The van der Waals surface area contributed by atoms with Crippen LogP contribution in [0.1, 0.15) is 85.0 Å². The first-order valence-corrected chi connectivity index (χ1v) is 17.5. The molecule has 232 valence electrons. The summed E-state index contributed by atoms with van der Waals surface area (Å²) in [5.74, 6) is -0.984. The summed E-state index contributed by atoms with van der Waals surface area (Å²) in [4.78, 5) is 23.3. The number of amides is 1. The topological polar surface area (TPSA) is 134 Å². The van der Waals surface area contributed by atoms with Crippen LogP contribution in [0.4, 0.5) is 4.39 Å². The number of halogens is 1. The molecule has 0 radical (unpaired) electrons. The van der Waals surface area contributed by atoms with Gasteiger partial charge in [-0.3, -0.25) is 14.7 Å². The zero-order valence-electron chi connectivity index (χ0n) is 25.2. The molecule has 6 atom stereocenters. The van der Waals surface area contributed by atoms with Crippen molar-refractivity contribution in [1.29, 1.82) is 0 Å². The number of aliphatic imine (C=N–C) groups is 1. The van der Waals surface area contributed by atoms with Crippen molar-refractivity contribution in [3.63, 3.8) is 0 Å². The SMILES string of the molecule is CCCCCN1CCC(N2CCC(S(C)(=O)=O)CC2)C(NC(=O)C(C(N)N)C2CC(C)(CC)CCC(F)/C=N\2)C1. The van der Waals surface area contributed by atoms with Gasteiger partial charge in [-0.1, -0.05) is 40.0 Å². The Kier molecular flexibility index (Phi) is 12.4. The lowest BCUT2D eigenvalue weighted by atomic mass is 9.73. The minimum absolute atomic E-state index is 0.110. The molecule has 2 saturated heterocycles. The normalized spacial score (nSPS) is 33.3. The van der Waals surface area contributed by atoms with E-state index >= 15 is 0 Å². The van der Waals surface area contributed by atoms with E-state index < -0.39 is 34.1 Å². The Morgan fingerprint density at radius 3 is 2.45 bits per heavy atom. The van der Waals surface area contributed by atoms with Crippen LogP contribution in [0.3, 0.4) is 0 Å². The van der Waals surface area contributed by atoms with Crippen LogP contribution < -0.4 is 16.8 Å². The summed E-state index contributed by atoms with van der Waals surface area (Å²) >= 11 is 0. The van der Waals surface area contributed by atoms with Gasteiger partial charge < -0.3 is 21.7 Å². The monoisotopic (exact) mass is 586 g/mol. The van der Waals surface area contributed by atoms with Gasteiger partial charge in [0.05, 0.1) is 29.4 Å². The van der Waals surface area contributed by atoms with Crippen LogP contribution >= 0.6 is 0 Å². The Bertz CT molecular complexity index is 942. The molecule has 6 unspecified atom stereocenters. The highest BCUT2D eigenvalue weighted by molar-refractivity contribution is 7.91. The molecular formula is C29H55FN6O3S. The largest absolute Gasteiger partial charge is 0.350 e. The first-order chi connectivity index (χ1) is 18.9. The summed E-state index contributed by atoms with van der Waals surface area (Å²) in [6.07, 6.45) is 8.83. The lowest BCUT2D eigenvalue weighted by Gasteiger charge is -2.46. The lowest BCUT2D eigenvalue weighted by molar-refractivity contribution is -0.128. The van der Waals surface area contributed by atoms with E-state index in [1.807, 2.05) is 0 Å². The lowest BCUT2D eigenvalue weighted by Crippen LogP contribution is -2.64. The number of alkyl halides is 1. The average molecular weight is 587 g/mol. The number of hydrogen-bond donors (Lipinski definition) is 3. The Hall–Kier alpha value is -1.14. The molecule has 3 aliphatic heterocycles. The summed E-state index contributed by atoms with van der Waals surface area (Å²) in [7, 11) is -3.06. The molecule has 0 spiro atoms. The predicted octanol–water partition coefficient (Wildman–Crippen LogP) is 2.48. The smallest absolute Gasteiger partial charge is 0.228 e. The molecule has 1 amide bonds. The third-order valence-electron chi connectivity index (χ3n) is 9.77. The number of unbranched alkanes of at least 4 members (excludes halogenated alkanes) is 2. The second-order valence-corrected chi connectivity index (χ2v) is 15.3. The second kappa shape index (κ2) is 14.8. The fraction of sp³-hybridized carbons (Fsp3) is 0.931. The number of carbonyl (C=O) groups is 1. The average Bonchev–Trinajstić information content (AvgIpc) is 2.89. The van der Waals surface area contributed by atoms with E-state index in [0.29, 0.717) is 38.8 Å². The van der Waals surface area contributed by atoms with E-state index in [9.17, 15) is 17.6 Å². The molecule has 0 saturated carbocycles. The molecule has 40 heavy (non-hydrogen) atoms. The maximum atomic E-state index is 14.5. The number of nitrogens with zero attached hydrogens (tertiary/aromatic N) is 3. The number of hydrogen-bond acceptors (Lipinski definition) is 8. The number of nitrogens with one attached hydrogen (secondary N) is 1. The van der Waals surface area contributed by atoms with Crippen molar-refractivity contribution < 1.29 is 17.6 Å². The first-order valence-electron chi connectivity index (χ1n) is 15.5. The Labute approximate surface area is 242 Å². The fourth-order valence-electron chi connectivity index (χ4n) is 6.86. The van der Waals surface area contributed by atoms with E-state index in [1.54, 1.807) is 0 Å². The zero-order valence-corrected chi connectivity index (χ0v) is 26.0. The second-order valence-electron chi connectivity index (χ2n) is 12.9. The van der Waals surface area contributed by atoms with Crippen LogP contribution in [0.5, 0.6) is 0 Å². The molecular weight excluding hydrogens is 531 g/mol. The number of rotatable bonds is 11. The van der Waals surface area contributed by atoms with E-state index in [4.69, 9.17) is 11.5 Å². The van der Waals surface area contributed by atoms with Gasteiger partial charge in [-0.25, -0.2) is 12.8 Å². The maximum absolute atomic E-state index is 14.5. The van der Waals surface area contributed by atoms with Crippen LogP contribution in [-0.2, 0) is 14.6 Å². The van der Waals surface area contributed by atoms with Gasteiger partial charge in [-0.05, 0) is 76.5 Å². The molecule has 0 aromatic heterocycles. The zero-order chi connectivity index (χ0) is 29.5. The molecule has 0 aromatic carbocycles. The summed E-state index contributed by atoms with van der Waals surface area (Å²) in [5, 5.41) is 3.03. The van der Waals surface area contributed by atoms with Crippen LogP contribution in [0.2, 0.25) is 0 Å². The van der Waals surface area contributed by atoms with Crippen LogP contribution in [0.25, 0.3) is 0 Å². The summed E-state index contributed by atoms with van der Waals surface area (Å²) in [5.41, 5.74) is 12.3. The molecule has 3 rings (SSSR count). The number of nitrogens with two attached hydrogens (primary N) is 2. The van der Waals surface area contributed by atoms with Crippen molar-refractivity contribution in [3.8, 4) is 0 Å². The number of piperidine rings is 2. The van der Waals surface area contributed by atoms with Gasteiger partial charge in [0.2, 0.25) is 5.91 Å². The third kappa shape index (κ3) is 9.18. The molecule has 3 heterocycles. The maximum Gasteiger partial charge on any atom is 0.228 e. The van der Waals surface area contributed by atoms with Gasteiger partial charge >= 0.3 is 0 Å². The van der Waals surface area contributed by atoms with E-state index in [0.717, 1.165) is 51.7 Å². The summed E-state index contributed by atoms with van der Waals surface area (Å²) in [6, 6.07) is -0.516. The van der Waals surface area contributed by atoms with Gasteiger partial charge in [0.25, 0.3) is 0 Å². The van der Waals surface area contributed by atoms with Crippen molar-refractivity contribution in [2.24, 2.45) is 27.8 Å². The third-order valence-corrected chi connectivity index (χ3v) is 11.4. The molecule has 0 aliphatic carbocycles. The molecule has 9 nitrogen and oxygen atoms in total. The van der Waals surface area contributed by atoms with Gasteiger partial charge in [0.1, 0.15) is 16.0 Å². The minimum atomic E-state index is -3.06. The molecule has 11 heteroatoms. The van der Waals surface area contributed by atoms with Gasteiger partial charge in [0, 0.05) is 25.1 Å². The van der Waals surface area contributed by atoms with Crippen molar-refractivity contribution in [3.05, 3.63) is 0 Å². The van der Waals surface area contributed by atoms with Gasteiger partial charge in [0.15, 0.2) is 0 Å². The highest BCUT2D eigenvalue weighted by Crippen LogP contribution is 2.38. The quantitative estimate of drug-likeness (QED) is 0.250. The Balaban J connectivity index is 1.79. The van der Waals surface area contributed by atoms with Crippen molar-refractivity contribution in [1.82, 2.24) is 15.1 Å². The molecule has 2 fully saturated rings. The van der Waals surface area contributed by atoms with Crippen LogP contribution in [0.15, 0.2) is 4.99 Å². The van der Waals surface area contributed by atoms with Crippen molar-refractivity contribution in [2.75, 3.05) is 39.0 Å². The Morgan fingerprint density at radius 2 is 1.85 bits per heavy atom. The molecule has 0 aromatic rings. The van der Waals surface area contributed by atoms with Crippen LogP contribution in [0, 0.1) is 11.3 Å². The van der Waals surface area contributed by atoms with E-state index in [1.165, 1.54) is 18.9 Å². The number of carbonyl (C=O) groups excluding carboxylic acids is 1. The number of sulfone groups is 1. The molecule has 0 bridgehead atoms. The highest BCUT2D eigenvalue weighted by Gasteiger charge is 2.42. The van der Waals surface area contributed by atoms with Crippen LogP contribution in [-0.4, -0.2) is 105 Å². The van der Waals surface area contributed by atoms with E-state index in [-0.39, 0.29) is 28.7 Å². The number of likely N-dealkylation sites (tertiary alicyclic amines) is 2. The Morgan fingerprint density at radius 1 is 1.15 bits per heavy atom. The first kappa shape index (κ1) is 33.4. The predicted molar refractivity (Wildman–Crippen MR) is 161 cm³/mol. The molecule has 5 N–H and O–H groups in total. The van der Waals surface area contributed by atoms with Crippen molar-refractivity contribution in [2.45, 2.75) is 121 Å². The molecule has 3 aliphatic rings. The van der Waals surface area contributed by atoms with Gasteiger partial charge in [-0.15, -0.1) is 0 Å². The summed E-state index contributed by atoms with van der Waals surface area (Å²) < 4.78 is 38.7. The summed E-state index contributed by atoms with van der Waals surface area (Å²) in [6.45, 7) is 10.5. The van der Waals surface area contributed by atoms with Crippen molar-refractivity contribution >= 4 is 22.0 Å². The highest BCUT2D eigenvalue weighted by atomic mass is 32.2. The fourth-order valence-corrected chi connectivity index (χ4v) is 7.93. The standard InChI is InChI=1S/C29H55FN6O3S/c1-5-7-8-14-35-15-12-25(36-16-10-22(11-17-36)40(4,38)39)24(20-35)34-28(37)26(27(31)32)23-18-29(3,6-2)13-9-21(30)19-33-23/h19,21-27H,5-18,20,31-32H2,1-4H3,(H,34,37)/b33-19-. The minimum Gasteiger partial charge on any atom is -0.350 e. The van der Waals surface area contributed by atoms with Gasteiger partial charge in [-0.2, -0.15) is 0 Å². The van der Waals surface area contributed by atoms with E-state index in [2.05, 4.69) is 40.9 Å².